The number of rotatable bonds is 10. The molecule has 43 heavy (non-hydrogen) atoms. The number of guanidine groups is 1. The third-order valence-electron chi connectivity index (χ3n) is 5.41. The van der Waals surface area contributed by atoms with Gasteiger partial charge in [-0.15, -0.1) is 0 Å². The van der Waals surface area contributed by atoms with Crippen molar-refractivity contribution in [1.29, 1.82) is 0 Å². The fourth-order valence-electron chi connectivity index (χ4n) is 3.36. The van der Waals surface area contributed by atoms with Crippen molar-refractivity contribution in [2.45, 2.75) is 50.7 Å². The molecule has 2 aromatic carbocycles. The van der Waals surface area contributed by atoms with Gasteiger partial charge < -0.3 is 25.6 Å². The van der Waals surface area contributed by atoms with Crippen LogP contribution in [0, 0.1) is 12.8 Å². The van der Waals surface area contributed by atoms with Gasteiger partial charge in [0.15, 0.2) is 17.5 Å². The van der Waals surface area contributed by atoms with E-state index in [4.69, 9.17) is 30.2 Å². The number of ether oxygens (including phenoxy) is 2. The Balaban J connectivity index is 0.00000117. The first-order valence-electron chi connectivity index (χ1n) is 12.4. The van der Waals surface area contributed by atoms with Gasteiger partial charge in [0.1, 0.15) is 6.04 Å². The number of carboxylic acids is 1. The minimum atomic E-state index is -5.08. The van der Waals surface area contributed by atoms with Gasteiger partial charge in [-0.05, 0) is 54.7 Å². The number of aryl methyl sites for hydroxylation is 1. The van der Waals surface area contributed by atoms with Crippen LogP contribution in [0.3, 0.4) is 0 Å². The molecule has 7 N–H and O–H groups in total. The minimum absolute atomic E-state index is 0.00281. The summed E-state index contributed by atoms with van der Waals surface area (Å²) in [6.45, 7) is 5.54. The summed E-state index contributed by atoms with van der Waals surface area (Å²) in [5.74, 6) is -2.80. The Morgan fingerprint density at radius 1 is 1.05 bits per heavy atom. The maximum atomic E-state index is 13.0. The van der Waals surface area contributed by atoms with Gasteiger partial charge in [-0.1, -0.05) is 26.0 Å². The van der Waals surface area contributed by atoms with Gasteiger partial charge in [-0.25, -0.2) is 23.3 Å². The smallest absolute Gasteiger partial charge is 0.490 e. The molecule has 2 amide bonds. The Labute approximate surface area is 246 Å². The highest BCUT2D eigenvalue weighted by molar-refractivity contribution is 7.89. The molecule has 0 aliphatic heterocycles. The van der Waals surface area contributed by atoms with Gasteiger partial charge in [0.05, 0.1) is 25.5 Å². The van der Waals surface area contributed by atoms with Gasteiger partial charge in [-0.3, -0.25) is 14.9 Å². The average Bonchev–Trinajstić information content (AvgIpc) is 2.88. The second-order valence-electron chi connectivity index (χ2n) is 9.39. The first-order chi connectivity index (χ1) is 19.8. The van der Waals surface area contributed by atoms with E-state index in [1.165, 1.54) is 26.4 Å². The van der Waals surface area contributed by atoms with E-state index in [9.17, 15) is 31.2 Å². The van der Waals surface area contributed by atoms with Crippen molar-refractivity contribution < 1.29 is 50.6 Å². The molecule has 0 radical (unpaired) electrons. The van der Waals surface area contributed by atoms with E-state index in [0.717, 1.165) is 0 Å². The van der Waals surface area contributed by atoms with Crippen LogP contribution in [0.25, 0.3) is 0 Å². The Bertz CT molecular complexity index is 1450. The quantitative estimate of drug-likeness (QED) is 0.192. The van der Waals surface area contributed by atoms with Crippen LogP contribution >= 0.6 is 0 Å². The summed E-state index contributed by atoms with van der Waals surface area (Å²) in [4.78, 5) is 38.5. The molecular weight excluding hydrogens is 599 g/mol. The highest BCUT2D eigenvalue weighted by atomic mass is 32.2. The Hall–Kier alpha value is -4.38. The zero-order valence-corrected chi connectivity index (χ0v) is 24.8. The number of nitrogens with two attached hydrogens (primary N) is 2. The Kier molecular flexibility index (Phi) is 13.4. The number of alkyl halides is 3. The largest absolute Gasteiger partial charge is 0.493 e. The molecule has 0 saturated heterocycles. The van der Waals surface area contributed by atoms with Crippen LogP contribution in [0.5, 0.6) is 11.5 Å². The third-order valence-corrected chi connectivity index (χ3v) is 6.32. The summed E-state index contributed by atoms with van der Waals surface area (Å²) in [6.07, 6.45) is -4.75. The van der Waals surface area contributed by atoms with Crippen molar-refractivity contribution in [2.75, 3.05) is 19.5 Å². The summed E-state index contributed by atoms with van der Waals surface area (Å²) < 4.78 is 65.5. The maximum Gasteiger partial charge on any atom is 0.490 e. The number of amides is 2. The molecule has 2 aromatic rings. The first kappa shape index (κ1) is 36.6. The van der Waals surface area contributed by atoms with Crippen molar-refractivity contribution in [3.63, 3.8) is 0 Å². The third kappa shape index (κ3) is 12.6. The topological polar surface area (TPSA) is 212 Å². The second kappa shape index (κ2) is 15.7. The van der Waals surface area contributed by atoms with Gasteiger partial charge in [0, 0.05) is 5.69 Å². The highest BCUT2D eigenvalue weighted by Gasteiger charge is 2.38. The molecule has 0 aromatic heterocycles. The van der Waals surface area contributed by atoms with Crippen LogP contribution in [0.4, 0.5) is 18.9 Å². The molecule has 0 saturated carbocycles. The summed E-state index contributed by atoms with van der Waals surface area (Å²) >= 11 is 0. The predicted octanol–water partition coefficient (Wildman–Crippen LogP) is 2.32. The lowest BCUT2D eigenvalue weighted by molar-refractivity contribution is -0.192. The van der Waals surface area contributed by atoms with Crippen molar-refractivity contribution >= 4 is 39.5 Å². The number of nitrogens with zero attached hydrogens (tertiary/aromatic N) is 1. The van der Waals surface area contributed by atoms with E-state index in [2.05, 4.69) is 15.6 Å². The number of sulfonamides is 1. The fraction of sp³-hybridized carbons (Fsp3) is 0.385. The molecule has 0 aliphatic rings. The molecule has 0 unspecified atom stereocenters. The Morgan fingerprint density at radius 2 is 1.63 bits per heavy atom. The lowest BCUT2D eigenvalue weighted by atomic mass is 10.0. The van der Waals surface area contributed by atoms with Gasteiger partial charge in [0.25, 0.3) is 0 Å². The van der Waals surface area contributed by atoms with E-state index < -0.39 is 40.0 Å². The van der Waals surface area contributed by atoms with Gasteiger partial charge in [-0.2, -0.15) is 13.2 Å². The van der Waals surface area contributed by atoms with Crippen LogP contribution in [0.1, 0.15) is 31.4 Å². The average molecular weight is 634 g/mol. The van der Waals surface area contributed by atoms with E-state index >= 15 is 0 Å². The number of carbonyl (C=O) groups is 3. The zero-order valence-electron chi connectivity index (χ0n) is 24.0. The van der Waals surface area contributed by atoms with Gasteiger partial charge in [0.2, 0.25) is 21.8 Å². The number of methoxy groups -OCH3 is 2. The molecule has 238 valence electrons. The fourth-order valence-corrected chi connectivity index (χ4v) is 3.90. The molecule has 2 rings (SSSR count). The summed E-state index contributed by atoms with van der Waals surface area (Å²) in [6, 6.07) is 8.35. The van der Waals surface area contributed by atoms with Crippen LogP contribution in [0.15, 0.2) is 46.3 Å². The monoisotopic (exact) mass is 633 g/mol. The lowest BCUT2D eigenvalue weighted by Crippen LogP contribution is -2.40. The van der Waals surface area contributed by atoms with E-state index in [1.807, 2.05) is 13.8 Å². The number of carboxylic acid groups (broad SMARTS) is 1. The molecule has 0 bridgehead atoms. The molecule has 0 fully saturated rings. The molecule has 0 aliphatic carbocycles. The SMILES string of the molecule is COc1ccc(CC(=O)NC(N)=N[C@H](CC(C)C)C(=O)Nc2cc(S(N)(=O)=O)ccc2C)cc1OC.O=C(O)C(F)(F)F. The number of primary sulfonamides is 1. The van der Waals surface area contributed by atoms with Crippen LogP contribution in [-0.4, -0.2) is 63.7 Å². The molecule has 13 nitrogen and oxygen atoms in total. The van der Waals surface area contributed by atoms with Gasteiger partial charge >= 0.3 is 12.1 Å². The number of nitrogens with one attached hydrogen (secondary N) is 2. The van der Waals surface area contributed by atoms with Crippen molar-refractivity contribution in [2.24, 2.45) is 21.8 Å². The zero-order chi connectivity index (χ0) is 33.1. The number of benzene rings is 2. The van der Waals surface area contributed by atoms with Crippen molar-refractivity contribution in [3.8, 4) is 11.5 Å². The number of aliphatic carboxylic acids is 1. The second-order valence-corrected chi connectivity index (χ2v) is 10.9. The standard InChI is InChI=1S/C24H33N5O6S.C2HF3O2/c1-14(2)10-19(23(31)27-18-13-17(36(26,32)33)8-6-15(18)3)28-24(25)29-22(30)12-16-7-9-20(34-4)21(11-16)35-5;3-2(4,5)1(6)7/h6-9,11,13-14,19H,10,12H2,1-5H3,(H,27,31)(H2,26,32,33)(H3,25,28,29,30);(H,6,7)/t19-;/m1./s1. The molecular formula is C26H34F3N5O8S. The number of anilines is 1. The minimum Gasteiger partial charge on any atom is -0.493 e. The highest BCUT2D eigenvalue weighted by Crippen LogP contribution is 2.27. The summed E-state index contributed by atoms with van der Waals surface area (Å²) in [5.41, 5.74) is 7.53. The summed E-state index contributed by atoms with van der Waals surface area (Å²) in [7, 11) is -0.929. The first-order valence-corrected chi connectivity index (χ1v) is 13.9. The number of carbonyl (C=O) groups excluding carboxylic acids is 2. The van der Waals surface area contributed by atoms with Crippen molar-refractivity contribution in [1.82, 2.24) is 5.32 Å². The number of aliphatic imine (C=N–C) groups is 1. The molecule has 0 heterocycles. The summed E-state index contributed by atoms with van der Waals surface area (Å²) in [5, 5.41) is 17.5. The van der Waals surface area contributed by atoms with E-state index in [1.54, 1.807) is 31.2 Å². The molecule has 17 heteroatoms. The number of hydrogen-bond acceptors (Lipinski definition) is 8. The van der Waals surface area contributed by atoms with Crippen molar-refractivity contribution in [3.05, 3.63) is 47.5 Å². The predicted molar refractivity (Wildman–Crippen MR) is 151 cm³/mol. The number of halogens is 3. The maximum absolute atomic E-state index is 13.0. The van der Waals surface area contributed by atoms with E-state index in [0.29, 0.717) is 29.0 Å². The van der Waals surface area contributed by atoms with Crippen LogP contribution in [-0.2, 0) is 30.8 Å². The molecule has 0 spiro atoms. The van der Waals surface area contributed by atoms with Crippen LogP contribution in [0.2, 0.25) is 0 Å². The molecule has 1 atom stereocenters. The number of hydrogen-bond donors (Lipinski definition) is 5. The van der Waals surface area contributed by atoms with E-state index in [-0.39, 0.29) is 28.9 Å². The lowest BCUT2D eigenvalue weighted by Gasteiger charge is -2.17. The van der Waals surface area contributed by atoms with Crippen LogP contribution < -0.4 is 31.0 Å². The Morgan fingerprint density at radius 3 is 2.12 bits per heavy atom. The normalized spacial score (nSPS) is 12.5.